The van der Waals surface area contributed by atoms with E-state index in [4.69, 9.17) is 14.2 Å². The van der Waals surface area contributed by atoms with Crippen LogP contribution in [0.5, 0.6) is 11.5 Å². The number of morpholine rings is 1. The second kappa shape index (κ2) is 9.09. The first-order valence-electron chi connectivity index (χ1n) is 10.8. The molecule has 3 heterocycles. The molecule has 2 aliphatic heterocycles. The monoisotopic (exact) mass is 485 g/mol. The Bertz CT molecular complexity index is 1400. The Kier molecular flexibility index (Phi) is 5.98. The molecule has 0 aliphatic carbocycles. The van der Waals surface area contributed by atoms with Gasteiger partial charge in [-0.2, -0.15) is 4.31 Å². The van der Waals surface area contributed by atoms with Gasteiger partial charge in [0.1, 0.15) is 18.3 Å². The number of nitrogens with zero attached hydrogens (tertiary/aromatic N) is 1. The third kappa shape index (κ3) is 4.25. The van der Waals surface area contributed by atoms with Crippen LogP contribution < -0.4 is 20.2 Å². The SMILES string of the molecule is O=C(NC[C@H]1COc2ccccc2O1)c1c[nH]c2ccc(S(=O)(=O)N3CCOCC3)cc2c1=O. The predicted octanol–water partition coefficient (Wildman–Crippen LogP) is 1.12. The van der Waals surface area contributed by atoms with Crippen molar-refractivity contribution in [1.82, 2.24) is 14.6 Å². The predicted molar refractivity (Wildman–Crippen MR) is 123 cm³/mol. The molecule has 1 saturated heterocycles. The lowest BCUT2D eigenvalue weighted by Gasteiger charge is -2.26. The van der Waals surface area contributed by atoms with Crippen molar-refractivity contribution < 1.29 is 27.4 Å². The zero-order valence-electron chi connectivity index (χ0n) is 18.2. The molecule has 0 radical (unpaired) electrons. The molecule has 1 fully saturated rings. The minimum absolute atomic E-state index is 0.00335. The molecule has 1 amide bonds. The smallest absolute Gasteiger partial charge is 0.256 e. The van der Waals surface area contributed by atoms with Gasteiger partial charge in [0.2, 0.25) is 15.5 Å². The number of hydrogen-bond acceptors (Lipinski definition) is 7. The maximum atomic E-state index is 13.1. The lowest BCUT2D eigenvalue weighted by molar-refractivity contribution is 0.0730. The number of fused-ring (bicyclic) bond motifs is 2. The van der Waals surface area contributed by atoms with Gasteiger partial charge in [-0.15, -0.1) is 0 Å². The quantitative estimate of drug-likeness (QED) is 0.554. The van der Waals surface area contributed by atoms with E-state index in [1.807, 2.05) is 12.1 Å². The van der Waals surface area contributed by atoms with Gasteiger partial charge in [-0.1, -0.05) is 12.1 Å². The van der Waals surface area contributed by atoms with Gasteiger partial charge in [-0.3, -0.25) is 9.59 Å². The topological polar surface area (TPSA) is 127 Å². The van der Waals surface area contributed by atoms with Crippen LogP contribution in [0.2, 0.25) is 0 Å². The molecule has 0 spiro atoms. The van der Waals surface area contributed by atoms with Gasteiger partial charge in [0.15, 0.2) is 11.5 Å². The van der Waals surface area contributed by atoms with Crippen LogP contribution in [0.15, 0.2) is 58.4 Å². The molecular formula is C23H23N3O7S. The molecule has 0 saturated carbocycles. The number of para-hydroxylation sites is 2. The van der Waals surface area contributed by atoms with Crippen molar-refractivity contribution in [2.75, 3.05) is 39.5 Å². The molecule has 34 heavy (non-hydrogen) atoms. The van der Waals surface area contributed by atoms with E-state index in [9.17, 15) is 18.0 Å². The van der Waals surface area contributed by atoms with Gasteiger partial charge in [0.05, 0.1) is 24.7 Å². The zero-order valence-corrected chi connectivity index (χ0v) is 19.0. The molecule has 0 bridgehead atoms. The van der Waals surface area contributed by atoms with Crippen LogP contribution >= 0.6 is 0 Å². The number of aromatic nitrogens is 1. The van der Waals surface area contributed by atoms with Crippen molar-refractivity contribution in [3.63, 3.8) is 0 Å². The van der Waals surface area contributed by atoms with Crippen LogP contribution in [-0.4, -0.2) is 69.2 Å². The van der Waals surface area contributed by atoms with Crippen LogP contribution in [-0.2, 0) is 14.8 Å². The summed E-state index contributed by atoms with van der Waals surface area (Å²) in [6, 6.07) is 11.5. The summed E-state index contributed by atoms with van der Waals surface area (Å²) in [6.07, 6.45) is 0.910. The summed E-state index contributed by atoms with van der Waals surface area (Å²) in [7, 11) is -3.78. The fraction of sp³-hybridized carbons (Fsp3) is 0.304. The molecular weight excluding hydrogens is 462 g/mol. The van der Waals surface area contributed by atoms with E-state index in [0.717, 1.165) is 0 Å². The van der Waals surface area contributed by atoms with E-state index in [2.05, 4.69) is 10.3 Å². The largest absolute Gasteiger partial charge is 0.486 e. The van der Waals surface area contributed by atoms with Gasteiger partial charge in [-0.25, -0.2) is 8.42 Å². The van der Waals surface area contributed by atoms with Crippen LogP contribution in [0.3, 0.4) is 0 Å². The van der Waals surface area contributed by atoms with Crippen molar-refractivity contribution in [2.24, 2.45) is 0 Å². The zero-order chi connectivity index (χ0) is 23.7. The van der Waals surface area contributed by atoms with Crippen molar-refractivity contribution >= 4 is 26.8 Å². The Labute approximate surface area is 195 Å². The first kappa shape index (κ1) is 22.4. The third-order valence-electron chi connectivity index (χ3n) is 5.76. The minimum atomic E-state index is -3.78. The number of nitrogens with one attached hydrogen (secondary N) is 2. The molecule has 11 heteroatoms. The van der Waals surface area contributed by atoms with E-state index in [1.165, 1.54) is 28.7 Å². The maximum Gasteiger partial charge on any atom is 0.256 e. The average Bonchev–Trinajstić information content (AvgIpc) is 2.87. The lowest BCUT2D eigenvalue weighted by Crippen LogP contribution is -2.41. The van der Waals surface area contributed by atoms with Crippen molar-refractivity contribution in [2.45, 2.75) is 11.0 Å². The Morgan fingerprint density at radius 2 is 1.88 bits per heavy atom. The highest BCUT2D eigenvalue weighted by Crippen LogP contribution is 2.30. The summed E-state index contributed by atoms with van der Waals surface area (Å²) in [5.41, 5.74) is -0.245. The highest BCUT2D eigenvalue weighted by Gasteiger charge is 2.27. The molecule has 2 N–H and O–H groups in total. The number of amides is 1. The molecule has 0 unspecified atom stereocenters. The van der Waals surface area contributed by atoms with Crippen molar-refractivity contribution in [3.05, 3.63) is 64.4 Å². The molecule has 1 aromatic heterocycles. The standard InChI is InChI=1S/C23H23N3O7S/c27-22-17-11-16(34(29,30)26-7-9-31-10-8-26)5-6-19(17)24-13-18(22)23(28)25-12-15-14-32-20-3-1-2-4-21(20)33-15/h1-6,11,13,15H,7-10,12,14H2,(H,24,27)(H,25,28)/t15-/m0/s1. The summed E-state index contributed by atoms with van der Waals surface area (Å²) in [6.45, 7) is 1.52. The van der Waals surface area contributed by atoms with Gasteiger partial charge >= 0.3 is 0 Å². The summed E-state index contributed by atoms with van der Waals surface area (Å²) in [4.78, 5) is 28.7. The van der Waals surface area contributed by atoms with Gasteiger partial charge in [-0.05, 0) is 30.3 Å². The van der Waals surface area contributed by atoms with Gasteiger partial charge < -0.3 is 24.5 Å². The highest BCUT2D eigenvalue weighted by molar-refractivity contribution is 7.89. The molecule has 2 aromatic carbocycles. The van der Waals surface area contributed by atoms with Crippen LogP contribution in [0.1, 0.15) is 10.4 Å². The van der Waals surface area contributed by atoms with Gasteiger partial charge in [0.25, 0.3) is 5.91 Å². The maximum absolute atomic E-state index is 13.1. The number of H-pyrrole nitrogens is 1. The van der Waals surface area contributed by atoms with Crippen LogP contribution in [0.4, 0.5) is 0 Å². The number of carbonyl (C=O) groups is 1. The first-order chi connectivity index (χ1) is 16.4. The van der Waals surface area contributed by atoms with E-state index in [-0.39, 0.29) is 42.1 Å². The van der Waals surface area contributed by atoms with Crippen molar-refractivity contribution in [3.8, 4) is 11.5 Å². The number of rotatable bonds is 5. The summed E-state index contributed by atoms with van der Waals surface area (Å²) >= 11 is 0. The minimum Gasteiger partial charge on any atom is -0.486 e. The number of pyridine rings is 1. The molecule has 2 aliphatic rings. The summed E-state index contributed by atoms with van der Waals surface area (Å²) in [5, 5.41) is 2.82. The fourth-order valence-corrected chi connectivity index (χ4v) is 5.36. The number of sulfonamides is 1. The van der Waals surface area contributed by atoms with E-state index < -0.39 is 27.5 Å². The Hall–Kier alpha value is -3.41. The van der Waals surface area contributed by atoms with E-state index in [1.54, 1.807) is 12.1 Å². The van der Waals surface area contributed by atoms with E-state index in [0.29, 0.717) is 30.2 Å². The number of hydrogen-bond donors (Lipinski definition) is 2. The normalized spacial score (nSPS) is 18.5. The Morgan fingerprint density at radius 1 is 1.12 bits per heavy atom. The summed E-state index contributed by atoms with van der Waals surface area (Å²) in [5.74, 6) is 0.636. The molecule has 5 rings (SSSR count). The van der Waals surface area contributed by atoms with Crippen LogP contribution in [0, 0.1) is 0 Å². The molecule has 178 valence electrons. The molecule has 10 nitrogen and oxygen atoms in total. The second-order valence-electron chi connectivity index (χ2n) is 7.96. The Balaban J connectivity index is 1.35. The van der Waals surface area contributed by atoms with Crippen molar-refractivity contribution in [1.29, 1.82) is 0 Å². The van der Waals surface area contributed by atoms with Crippen LogP contribution in [0.25, 0.3) is 10.9 Å². The highest BCUT2D eigenvalue weighted by atomic mass is 32.2. The third-order valence-corrected chi connectivity index (χ3v) is 7.66. The molecule has 3 aromatic rings. The Morgan fingerprint density at radius 3 is 2.68 bits per heavy atom. The molecule has 1 atom stereocenters. The number of benzene rings is 2. The lowest BCUT2D eigenvalue weighted by atomic mass is 10.1. The number of ether oxygens (including phenoxy) is 3. The fourth-order valence-electron chi connectivity index (χ4n) is 3.93. The number of aromatic amines is 1. The average molecular weight is 486 g/mol. The second-order valence-corrected chi connectivity index (χ2v) is 9.90. The first-order valence-corrected chi connectivity index (χ1v) is 12.3. The summed E-state index contributed by atoms with van der Waals surface area (Å²) < 4.78 is 44.0. The van der Waals surface area contributed by atoms with E-state index >= 15 is 0 Å². The van der Waals surface area contributed by atoms with Gasteiger partial charge in [0, 0.05) is 30.2 Å². The number of carbonyl (C=O) groups excluding carboxylic acids is 1.